The molecule has 0 bridgehead atoms. The van der Waals surface area contributed by atoms with Gasteiger partial charge in [-0.15, -0.1) is 0 Å². The Kier molecular flexibility index (Phi) is 4.98. The molecule has 3 rings (SSSR count). The van der Waals surface area contributed by atoms with Gasteiger partial charge in [0.1, 0.15) is 5.56 Å². The van der Waals surface area contributed by atoms with Crippen molar-refractivity contribution in [3.8, 4) is 0 Å². The smallest absolute Gasteiger partial charge is 0.257 e. The lowest BCUT2D eigenvalue weighted by atomic mass is 9.98. The number of nitrogens with zero attached hydrogens (tertiary/aromatic N) is 1. The van der Waals surface area contributed by atoms with Crippen LogP contribution < -0.4 is 10.7 Å². The van der Waals surface area contributed by atoms with Crippen LogP contribution in [0.3, 0.4) is 0 Å². The van der Waals surface area contributed by atoms with E-state index in [4.69, 9.17) is 0 Å². The molecule has 5 heteroatoms. The van der Waals surface area contributed by atoms with Crippen LogP contribution >= 0.6 is 0 Å². The molecule has 0 aliphatic carbocycles. The standard InChI is InChI=1S/C21H21N3O2/c1-13-4-6-16(7-5-13)20(17-8-10-22-11-9-17)24-21(26)19-15(3)23-14(2)12-18(19)25/h4-12,20H,1-3H3,(H,23,25)(H,24,26). The van der Waals surface area contributed by atoms with E-state index < -0.39 is 5.91 Å². The Bertz CT molecular complexity index is 976. The van der Waals surface area contributed by atoms with E-state index in [-0.39, 0.29) is 17.0 Å². The quantitative estimate of drug-likeness (QED) is 0.761. The van der Waals surface area contributed by atoms with E-state index in [1.54, 1.807) is 26.2 Å². The van der Waals surface area contributed by atoms with Crippen molar-refractivity contribution in [2.45, 2.75) is 26.8 Å². The second-order valence-electron chi connectivity index (χ2n) is 6.41. The van der Waals surface area contributed by atoms with Gasteiger partial charge in [-0.1, -0.05) is 29.8 Å². The summed E-state index contributed by atoms with van der Waals surface area (Å²) < 4.78 is 0. The molecule has 1 aromatic carbocycles. The lowest BCUT2D eigenvalue weighted by Crippen LogP contribution is -2.33. The fourth-order valence-electron chi connectivity index (χ4n) is 3.01. The summed E-state index contributed by atoms with van der Waals surface area (Å²) >= 11 is 0. The molecule has 26 heavy (non-hydrogen) atoms. The Morgan fingerprint density at radius 2 is 1.62 bits per heavy atom. The molecule has 1 atom stereocenters. The zero-order valence-corrected chi connectivity index (χ0v) is 15.0. The molecular formula is C21H21N3O2. The fraction of sp³-hybridized carbons (Fsp3) is 0.190. The predicted octanol–water partition coefficient (Wildman–Crippen LogP) is 3.21. The Balaban J connectivity index is 2.00. The van der Waals surface area contributed by atoms with Crippen LogP contribution in [0.5, 0.6) is 0 Å². The number of nitrogens with one attached hydrogen (secondary N) is 2. The van der Waals surface area contributed by atoms with Crippen molar-refractivity contribution in [3.05, 3.63) is 98.7 Å². The monoisotopic (exact) mass is 347 g/mol. The number of carbonyl (C=O) groups is 1. The van der Waals surface area contributed by atoms with Crippen LogP contribution in [0.15, 0.2) is 59.7 Å². The normalized spacial score (nSPS) is 11.8. The van der Waals surface area contributed by atoms with Crippen LogP contribution in [0.2, 0.25) is 0 Å². The maximum atomic E-state index is 12.9. The minimum absolute atomic E-state index is 0.141. The number of carbonyl (C=O) groups excluding carboxylic acids is 1. The van der Waals surface area contributed by atoms with Crippen LogP contribution in [-0.2, 0) is 0 Å². The molecule has 0 fully saturated rings. The van der Waals surface area contributed by atoms with Gasteiger partial charge in [-0.3, -0.25) is 14.6 Å². The first-order valence-corrected chi connectivity index (χ1v) is 8.43. The van der Waals surface area contributed by atoms with E-state index in [9.17, 15) is 9.59 Å². The van der Waals surface area contributed by atoms with Crippen molar-refractivity contribution < 1.29 is 4.79 Å². The SMILES string of the molecule is Cc1ccc(C(NC(=O)c2c(C)[nH]c(C)cc2=O)c2ccncc2)cc1. The molecule has 1 unspecified atom stereocenters. The van der Waals surface area contributed by atoms with E-state index in [0.29, 0.717) is 5.69 Å². The molecule has 0 aliphatic rings. The van der Waals surface area contributed by atoms with Crippen molar-refractivity contribution >= 4 is 5.91 Å². The number of aryl methyl sites for hydroxylation is 3. The maximum absolute atomic E-state index is 12.9. The highest BCUT2D eigenvalue weighted by Gasteiger charge is 2.21. The number of hydrogen-bond donors (Lipinski definition) is 2. The number of hydrogen-bond acceptors (Lipinski definition) is 3. The predicted molar refractivity (Wildman–Crippen MR) is 101 cm³/mol. The third-order valence-corrected chi connectivity index (χ3v) is 4.31. The van der Waals surface area contributed by atoms with Gasteiger partial charge in [0, 0.05) is 29.8 Å². The van der Waals surface area contributed by atoms with Crippen molar-refractivity contribution in [1.82, 2.24) is 15.3 Å². The number of aromatic nitrogens is 2. The molecule has 0 radical (unpaired) electrons. The number of rotatable bonds is 4. The van der Waals surface area contributed by atoms with E-state index in [1.165, 1.54) is 6.07 Å². The van der Waals surface area contributed by atoms with Crippen molar-refractivity contribution in [2.75, 3.05) is 0 Å². The number of pyridine rings is 2. The lowest BCUT2D eigenvalue weighted by Gasteiger charge is -2.20. The lowest BCUT2D eigenvalue weighted by molar-refractivity contribution is 0.0941. The molecule has 0 saturated heterocycles. The molecular weight excluding hydrogens is 326 g/mol. The first-order valence-electron chi connectivity index (χ1n) is 8.43. The average Bonchev–Trinajstić information content (AvgIpc) is 2.60. The van der Waals surface area contributed by atoms with Crippen LogP contribution in [0.25, 0.3) is 0 Å². The molecule has 2 N–H and O–H groups in total. The molecule has 2 heterocycles. The zero-order valence-electron chi connectivity index (χ0n) is 15.0. The van der Waals surface area contributed by atoms with Crippen molar-refractivity contribution in [1.29, 1.82) is 0 Å². The van der Waals surface area contributed by atoms with Gasteiger partial charge in [0.2, 0.25) is 0 Å². The number of benzene rings is 1. The van der Waals surface area contributed by atoms with Crippen molar-refractivity contribution in [3.63, 3.8) is 0 Å². The highest BCUT2D eigenvalue weighted by atomic mass is 16.2. The second kappa shape index (κ2) is 7.35. The van der Waals surface area contributed by atoms with E-state index in [1.807, 2.05) is 43.3 Å². The summed E-state index contributed by atoms with van der Waals surface area (Å²) in [5, 5.41) is 3.00. The Morgan fingerprint density at radius 1 is 1.00 bits per heavy atom. The first kappa shape index (κ1) is 17.6. The van der Waals surface area contributed by atoms with Gasteiger partial charge in [-0.05, 0) is 44.0 Å². The molecule has 3 aromatic rings. The van der Waals surface area contributed by atoms with Crippen LogP contribution in [0.4, 0.5) is 0 Å². The third kappa shape index (κ3) is 3.72. The Morgan fingerprint density at radius 3 is 2.23 bits per heavy atom. The summed E-state index contributed by atoms with van der Waals surface area (Å²) in [6.45, 7) is 5.54. The number of H-pyrrole nitrogens is 1. The van der Waals surface area contributed by atoms with Gasteiger partial charge in [-0.25, -0.2) is 0 Å². The largest absolute Gasteiger partial charge is 0.362 e. The highest BCUT2D eigenvalue weighted by Crippen LogP contribution is 2.22. The first-order chi connectivity index (χ1) is 12.5. The summed E-state index contributed by atoms with van der Waals surface area (Å²) in [6.07, 6.45) is 3.37. The minimum atomic E-state index is -0.397. The van der Waals surface area contributed by atoms with Crippen LogP contribution in [0, 0.1) is 20.8 Å². The summed E-state index contributed by atoms with van der Waals surface area (Å²) in [5.74, 6) is -0.397. The van der Waals surface area contributed by atoms with Gasteiger partial charge in [0.05, 0.1) is 6.04 Å². The average molecular weight is 347 g/mol. The molecule has 2 aromatic heterocycles. The topological polar surface area (TPSA) is 74.8 Å². The summed E-state index contributed by atoms with van der Waals surface area (Å²) in [6, 6.07) is 12.7. The van der Waals surface area contributed by atoms with Crippen LogP contribution in [0.1, 0.15) is 44.5 Å². The molecule has 0 aliphatic heterocycles. The molecule has 0 spiro atoms. The summed E-state index contributed by atoms with van der Waals surface area (Å²) in [7, 11) is 0. The number of amides is 1. The molecule has 132 valence electrons. The van der Waals surface area contributed by atoms with Gasteiger partial charge >= 0.3 is 0 Å². The number of aromatic amines is 1. The van der Waals surface area contributed by atoms with E-state index in [0.717, 1.165) is 22.4 Å². The molecule has 5 nitrogen and oxygen atoms in total. The van der Waals surface area contributed by atoms with E-state index in [2.05, 4.69) is 15.3 Å². The molecule has 0 saturated carbocycles. The fourth-order valence-corrected chi connectivity index (χ4v) is 3.01. The van der Waals surface area contributed by atoms with E-state index >= 15 is 0 Å². The van der Waals surface area contributed by atoms with Crippen LogP contribution in [-0.4, -0.2) is 15.9 Å². The Hall–Kier alpha value is -3.21. The van der Waals surface area contributed by atoms with Gasteiger partial charge in [0.15, 0.2) is 5.43 Å². The summed E-state index contributed by atoms with van der Waals surface area (Å²) in [5.41, 5.74) is 4.13. The maximum Gasteiger partial charge on any atom is 0.257 e. The second-order valence-corrected chi connectivity index (χ2v) is 6.41. The minimum Gasteiger partial charge on any atom is -0.362 e. The van der Waals surface area contributed by atoms with Gasteiger partial charge in [0.25, 0.3) is 5.91 Å². The summed E-state index contributed by atoms with van der Waals surface area (Å²) in [4.78, 5) is 32.3. The third-order valence-electron chi connectivity index (χ3n) is 4.31. The Labute approximate surface area is 152 Å². The van der Waals surface area contributed by atoms with Crippen molar-refractivity contribution in [2.24, 2.45) is 0 Å². The highest BCUT2D eigenvalue weighted by molar-refractivity contribution is 5.95. The molecule has 1 amide bonds. The van der Waals surface area contributed by atoms with Gasteiger partial charge in [-0.2, -0.15) is 0 Å². The van der Waals surface area contributed by atoms with Gasteiger partial charge < -0.3 is 10.3 Å². The zero-order chi connectivity index (χ0) is 18.7.